The monoisotopic (exact) mass is 178 g/mol. The summed E-state index contributed by atoms with van der Waals surface area (Å²) >= 11 is 0. The topological polar surface area (TPSA) is 0 Å². The fourth-order valence-corrected chi connectivity index (χ4v) is 0.970. The summed E-state index contributed by atoms with van der Waals surface area (Å²) in [5, 5.41) is 0. The molecule has 0 nitrogen and oxygen atoms in total. The highest BCUT2D eigenvalue weighted by Crippen LogP contribution is 2.29. The lowest BCUT2D eigenvalue weighted by Gasteiger charge is -2.17. The van der Waals surface area contributed by atoms with Crippen molar-refractivity contribution in [2.45, 2.75) is 12.1 Å². The van der Waals surface area contributed by atoms with Crippen molar-refractivity contribution in [1.29, 1.82) is 0 Å². The maximum atomic E-state index is 13.1. The summed E-state index contributed by atoms with van der Waals surface area (Å²) in [6.45, 7) is 0. The molecule has 0 aromatic rings. The number of halogens is 4. The second-order valence-corrected chi connectivity index (χ2v) is 2.50. The van der Waals surface area contributed by atoms with E-state index >= 15 is 0 Å². The van der Waals surface area contributed by atoms with E-state index in [1.807, 2.05) is 0 Å². The Balaban J connectivity index is 2.88. The molecule has 0 radical (unpaired) electrons. The minimum absolute atomic E-state index is 0.107. The average molecular weight is 178 g/mol. The largest absolute Gasteiger partial charge is 0.269 e. The van der Waals surface area contributed by atoms with Gasteiger partial charge < -0.3 is 0 Å². The van der Waals surface area contributed by atoms with Crippen LogP contribution >= 0.6 is 0 Å². The van der Waals surface area contributed by atoms with Crippen LogP contribution in [0.25, 0.3) is 0 Å². The Hall–Kier alpha value is -1.06. The van der Waals surface area contributed by atoms with Crippen LogP contribution in [0.2, 0.25) is 0 Å². The van der Waals surface area contributed by atoms with E-state index in [0.717, 1.165) is 6.08 Å². The van der Waals surface area contributed by atoms with E-state index in [1.54, 1.807) is 0 Å². The average Bonchev–Trinajstić information content (AvgIpc) is 1.82. The first-order chi connectivity index (χ1) is 5.52. The molecular weight excluding hydrogens is 172 g/mol. The standard InChI is InChI=1S/C8H6F4/c9-6-2-1-3-8(12,4-6)5-7(10)11/h1-2,4-5H,3H2. The van der Waals surface area contributed by atoms with Crippen LogP contribution in [0.15, 0.2) is 36.2 Å². The van der Waals surface area contributed by atoms with Crippen molar-refractivity contribution >= 4 is 0 Å². The maximum Gasteiger partial charge on any atom is 0.269 e. The molecule has 0 aromatic heterocycles. The Bertz CT molecular complexity index is 260. The summed E-state index contributed by atoms with van der Waals surface area (Å²) < 4.78 is 48.8. The van der Waals surface area contributed by atoms with Crippen LogP contribution in [0.5, 0.6) is 0 Å². The van der Waals surface area contributed by atoms with Gasteiger partial charge in [-0.25, -0.2) is 8.78 Å². The quantitative estimate of drug-likeness (QED) is 0.540. The van der Waals surface area contributed by atoms with Gasteiger partial charge >= 0.3 is 0 Å². The third-order valence-electron chi connectivity index (χ3n) is 1.43. The fourth-order valence-electron chi connectivity index (χ4n) is 0.970. The van der Waals surface area contributed by atoms with E-state index in [-0.39, 0.29) is 12.5 Å². The van der Waals surface area contributed by atoms with Gasteiger partial charge in [-0.2, -0.15) is 8.78 Å². The normalized spacial score (nSPS) is 28.2. The van der Waals surface area contributed by atoms with Crippen LogP contribution in [0, 0.1) is 0 Å². The van der Waals surface area contributed by atoms with Crippen LogP contribution < -0.4 is 0 Å². The van der Waals surface area contributed by atoms with Crippen LogP contribution in [-0.4, -0.2) is 5.67 Å². The lowest BCUT2D eigenvalue weighted by molar-refractivity contribution is 0.277. The van der Waals surface area contributed by atoms with E-state index in [0.29, 0.717) is 6.08 Å². The molecule has 0 saturated carbocycles. The minimum Gasteiger partial charge on any atom is -0.234 e. The second kappa shape index (κ2) is 3.13. The fraction of sp³-hybridized carbons (Fsp3) is 0.250. The summed E-state index contributed by atoms with van der Waals surface area (Å²) in [5.41, 5.74) is -2.36. The first-order valence-corrected chi connectivity index (χ1v) is 3.29. The molecule has 12 heavy (non-hydrogen) atoms. The van der Waals surface area contributed by atoms with Crippen molar-refractivity contribution in [1.82, 2.24) is 0 Å². The molecule has 0 bridgehead atoms. The van der Waals surface area contributed by atoms with Crippen molar-refractivity contribution in [3.63, 3.8) is 0 Å². The van der Waals surface area contributed by atoms with Crippen molar-refractivity contribution in [2.75, 3.05) is 0 Å². The van der Waals surface area contributed by atoms with Gasteiger partial charge in [-0.15, -0.1) is 0 Å². The van der Waals surface area contributed by atoms with Gasteiger partial charge in [0.15, 0.2) is 5.67 Å². The highest BCUT2D eigenvalue weighted by atomic mass is 19.3. The number of hydrogen-bond acceptors (Lipinski definition) is 0. The first kappa shape index (κ1) is 9.03. The molecule has 0 spiro atoms. The third-order valence-corrected chi connectivity index (χ3v) is 1.43. The van der Waals surface area contributed by atoms with Gasteiger partial charge in [0.25, 0.3) is 6.08 Å². The number of alkyl halides is 1. The van der Waals surface area contributed by atoms with Crippen molar-refractivity contribution in [3.05, 3.63) is 36.2 Å². The zero-order valence-corrected chi connectivity index (χ0v) is 6.03. The summed E-state index contributed by atoms with van der Waals surface area (Å²) in [7, 11) is 0. The first-order valence-electron chi connectivity index (χ1n) is 3.29. The predicted molar refractivity (Wildman–Crippen MR) is 37.1 cm³/mol. The van der Waals surface area contributed by atoms with Crippen LogP contribution in [0.3, 0.4) is 0 Å². The Morgan fingerprint density at radius 1 is 1.50 bits per heavy atom. The molecule has 4 heteroatoms. The predicted octanol–water partition coefficient (Wildman–Crippen LogP) is 3.29. The van der Waals surface area contributed by atoms with Gasteiger partial charge in [0, 0.05) is 12.5 Å². The highest BCUT2D eigenvalue weighted by Gasteiger charge is 2.27. The van der Waals surface area contributed by atoms with Crippen molar-refractivity contribution in [2.24, 2.45) is 0 Å². The molecule has 0 aromatic carbocycles. The molecule has 0 fully saturated rings. The van der Waals surface area contributed by atoms with E-state index in [1.165, 1.54) is 6.08 Å². The van der Waals surface area contributed by atoms with Gasteiger partial charge in [-0.05, 0) is 12.2 Å². The summed E-state index contributed by atoms with van der Waals surface area (Å²) in [4.78, 5) is 0. The third kappa shape index (κ3) is 2.22. The summed E-state index contributed by atoms with van der Waals surface area (Å²) in [6.07, 6.45) is 0.466. The van der Waals surface area contributed by atoms with Crippen LogP contribution in [0.4, 0.5) is 17.6 Å². The lowest BCUT2D eigenvalue weighted by atomic mass is 9.97. The van der Waals surface area contributed by atoms with Crippen LogP contribution in [0.1, 0.15) is 6.42 Å². The molecule has 0 N–H and O–H groups in total. The van der Waals surface area contributed by atoms with Gasteiger partial charge in [0.2, 0.25) is 0 Å². The summed E-state index contributed by atoms with van der Waals surface area (Å²) in [5.74, 6) is -0.832. The highest BCUT2D eigenvalue weighted by molar-refractivity contribution is 5.28. The zero-order chi connectivity index (χ0) is 9.19. The Morgan fingerprint density at radius 3 is 2.67 bits per heavy atom. The van der Waals surface area contributed by atoms with Gasteiger partial charge in [0.1, 0.15) is 5.83 Å². The molecule has 0 heterocycles. The van der Waals surface area contributed by atoms with E-state index in [4.69, 9.17) is 0 Å². The van der Waals surface area contributed by atoms with E-state index in [9.17, 15) is 17.6 Å². The smallest absolute Gasteiger partial charge is 0.234 e. The Kier molecular flexibility index (Phi) is 2.35. The molecule has 1 atom stereocenters. The van der Waals surface area contributed by atoms with Crippen molar-refractivity contribution in [3.8, 4) is 0 Å². The SMILES string of the molecule is FC(F)=CC1(F)C=C(F)C=CC1. The molecule has 1 rings (SSSR count). The molecule has 0 aliphatic heterocycles. The van der Waals surface area contributed by atoms with E-state index < -0.39 is 17.6 Å². The molecule has 0 amide bonds. The van der Waals surface area contributed by atoms with Crippen LogP contribution in [-0.2, 0) is 0 Å². The van der Waals surface area contributed by atoms with Gasteiger partial charge in [-0.3, -0.25) is 0 Å². The number of rotatable bonds is 1. The molecule has 0 saturated heterocycles. The second-order valence-electron chi connectivity index (χ2n) is 2.50. The number of hydrogen-bond donors (Lipinski definition) is 0. The Morgan fingerprint density at radius 2 is 2.17 bits per heavy atom. The minimum atomic E-state index is -2.36. The van der Waals surface area contributed by atoms with E-state index in [2.05, 4.69) is 0 Å². The van der Waals surface area contributed by atoms with Gasteiger partial charge in [0.05, 0.1) is 0 Å². The molecule has 1 unspecified atom stereocenters. The van der Waals surface area contributed by atoms with Crippen molar-refractivity contribution < 1.29 is 17.6 Å². The van der Waals surface area contributed by atoms with Gasteiger partial charge in [-0.1, -0.05) is 6.08 Å². The molecule has 66 valence electrons. The molecule has 1 aliphatic rings. The summed E-state index contributed by atoms with van der Waals surface area (Å²) in [6, 6.07) is 0. The Labute approximate surface area is 66.9 Å². The molecule has 1 aliphatic carbocycles. The number of allylic oxidation sites excluding steroid dienone is 5. The maximum absolute atomic E-state index is 13.1. The molecular formula is C8H6F4. The zero-order valence-electron chi connectivity index (χ0n) is 6.03. The lowest BCUT2D eigenvalue weighted by Crippen LogP contribution is -2.17.